The number of benzene rings is 3. The average molecular weight is 443 g/mol. The van der Waals surface area contributed by atoms with Gasteiger partial charge in [0.15, 0.2) is 0 Å². The predicted molar refractivity (Wildman–Crippen MR) is 130 cm³/mol. The monoisotopic (exact) mass is 442 g/mol. The molecule has 1 atom stereocenters. The van der Waals surface area contributed by atoms with Crippen LogP contribution in [0.4, 0.5) is 5.69 Å². The van der Waals surface area contributed by atoms with Crippen LogP contribution in [0.25, 0.3) is 0 Å². The summed E-state index contributed by atoms with van der Waals surface area (Å²) in [4.78, 5) is 17.7. The van der Waals surface area contributed by atoms with Crippen LogP contribution in [-0.2, 0) is 11.2 Å². The highest BCUT2D eigenvalue weighted by Crippen LogP contribution is 2.46. The second-order valence-corrected chi connectivity index (χ2v) is 9.18. The number of carbonyl (C=O) groups excluding carboxylic acids is 1. The largest absolute Gasteiger partial charge is 0.497 e. The molecule has 2 heterocycles. The Hall–Kier alpha value is -3.47. The van der Waals surface area contributed by atoms with E-state index in [1.807, 2.05) is 65.6 Å². The van der Waals surface area contributed by atoms with E-state index in [1.165, 1.54) is 5.69 Å². The van der Waals surface area contributed by atoms with E-state index in [-0.39, 0.29) is 11.3 Å². The van der Waals surface area contributed by atoms with E-state index >= 15 is 0 Å². The van der Waals surface area contributed by atoms with Gasteiger partial charge in [-0.25, -0.2) is 0 Å². The molecule has 2 saturated heterocycles. The van der Waals surface area contributed by atoms with Gasteiger partial charge < -0.3 is 19.3 Å². The van der Waals surface area contributed by atoms with Crippen molar-refractivity contribution < 1.29 is 14.3 Å². The fraction of sp³-hybridized carbons (Fsp3) is 0.321. The first kappa shape index (κ1) is 21.4. The number of ether oxygens (including phenoxy) is 2. The molecule has 33 heavy (non-hydrogen) atoms. The van der Waals surface area contributed by atoms with E-state index in [0.717, 1.165) is 43.2 Å². The molecule has 0 bridgehead atoms. The second-order valence-electron chi connectivity index (χ2n) is 9.18. The van der Waals surface area contributed by atoms with E-state index < -0.39 is 0 Å². The Morgan fingerprint density at radius 1 is 0.909 bits per heavy atom. The van der Waals surface area contributed by atoms with Crippen LogP contribution in [0.1, 0.15) is 5.56 Å². The van der Waals surface area contributed by atoms with Gasteiger partial charge in [-0.3, -0.25) is 4.79 Å². The number of methoxy groups -OCH3 is 1. The molecular weight excluding hydrogens is 412 g/mol. The van der Waals surface area contributed by atoms with Gasteiger partial charge in [0.05, 0.1) is 20.1 Å². The van der Waals surface area contributed by atoms with Gasteiger partial charge in [-0.05, 0) is 42.0 Å². The Balaban J connectivity index is 1.29. The Bertz CT molecular complexity index is 1080. The molecule has 3 aromatic carbocycles. The van der Waals surface area contributed by atoms with Gasteiger partial charge in [-0.1, -0.05) is 48.5 Å². The third kappa shape index (κ3) is 4.54. The highest BCUT2D eigenvalue weighted by Gasteiger charge is 2.55. The highest BCUT2D eigenvalue weighted by atomic mass is 16.5. The van der Waals surface area contributed by atoms with Crippen molar-refractivity contribution in [3.8, 4) is 11.5 Å². The molecule has 1 spiro atoms. The molecule has 0 aliphatic carbocycles. The van der Waals surface area contributed by atoms with Gasteiger partial charge in [0.25, 0.3) is 0 Å². The first-order chi connectivity index (χ1) is 16.1. The van der Waals surface area contributed by atoms with Crippen molar-refractivity contribution >= 4 is 11.6 Å². The minimum atomic E-state index is 0.0641. The van der Waals surface area contributed by atoms with Gasteiger partial charge in [0.1, 0.15) is 11.5 Å². The quantitative estimate of drug-likeness (QED) is 0.548. The Morgan fingerprint density at radius 3 is 2.33 bits per heavy atom. The summed E-state index contributed by atoms with van der Waals surface area (Å²) < 4.78 is 11.5. The van der Waals surface area contributed by atoms with Gasteiger partial charge in [-0.15, -0.1) is 0 Å². The number of likely N-dealkylation sites (tertiary alicyclic amines) is 1. The maximum Gasteiger partial charge on any atom is 0.227 e. The number of carbonyl (C=O) groups is 1. The van der Waals surface area contributed by atoms with Crippen LogP contribution in [0.2, 0.25) is 0 Å². The molecule has 2 aliphatic rings. The third-order valence-corrected chi connectivity index (χ3v) is 6.98. The van der Waals surface area contributed by atoms with Crippen molar-refractivity contribution in [1.29, 1.82) is 0 Å². The average Bonchev–Trinajstić information content (AvgIpc) is 3.23. The summed E-state index contributed by atoms with van der Waals surface area (Å²) in [7, 11) is 1.65. The number of nitrogens with zero attached hydrogens (tertiary/aromatic N) is 2. The van der Waals surface area contributed by atoms with Crippen molar-refractivity contribution in [2.24, 2.45) is 11.3 Å². The molecule has 0 N–H and O–H groups in total. The Kier molecular flexibility index (Phi) is 5.95. The van der Waals surface area contributed by atoms with Crippen LogP contribution in [0.15, 0.2) is 84.9 Å². The van der Waals surface area contributed by atoms with Crippen LogP contribution in [0.3, 0.4) is 0 Å². The molecule has 1 amide bonds. The van der Waals surface area contributed by atoms with Gasteiger partial charge in [0.2, 0.25) is 5.91 Å². The van der Waals surface area contributed by atoms with E-state index in [9.17, 15) is 4.79 Å². The lowest BCUT2D eigenvalue weighted by atomic mass is 9.71. The van der Waals surface area contributed by atoms with E-state index in [2.05, 4.69) is 29.2 Å². The number of anilines is 1. The lowest BCUT2D eigenvalue weighted by molar-refractivity contribution is -0.130. The molecule has 5 rings (SSSR count). The minimum Gasteiger partial charge on any atom is -0.497 e. The Morgan fingerprint density at radius 2 is 1.61 bits per heavy atom. The van der Waals surface area contributed by atoms with E-state index in [1.54, 1.807) is 7.11 Å². The highest BCUT2D eigenvalue weighted by molar-refractivity contribution is 5.79. The Labute approximate surface area is 195 Å². The lowest BCUT2D eigenvalue weighted by Crippen LogP contribution is -2.61. The first-order valence-electron chi connectivity index (χ1n) is 11.5. The number of para-hydroxylation sites is 2. The molecule has 5 nitrogen and oxygen atoms in total. The third-order valence-electron chi connectivity index (χ3n) is 6.98. The molecule has 1 unspecified atom stereocenters. The molecule has 3 aromatic rings. The summed E-state index contributed by atoms with van der Waals surface area (Å²) in [6, 6.07) is 28.2. The van der Waals surface area contributed by atoms with E-state index in [4.69, 9.17) is 9.47 Å². The molecule has 170 valence electrons. The number of amides is 1. The van der Waals surface area contributed by atoms with Crippen molar-refractivity contribution in [3.05, 3.63) is 90.5 Å². The molecule has 2 aliphatic heterocycles. The topological polar surface area (TPSA) is 42.0 Å². The summed E-state index contributed by atoms with van der Waals surface area (Å²) in [5, 5.41) is 0. The van der Waals surface area contributed by atoms with Crippen molar-refractivity contribution in [1.82, 2.24) is 4.90 Å². The molecule has 2 fully saturated rings. The van der Waals surface area contributed by atoms with Gasteiger partial charge in [-0.2, -0.15) is 0 Å². The number of hydrogen-bond acceptors (Lipinski definition) is 4. The van der Waals surface area contributed by atoms with Gasteiger partial charge >= 0.3 is 0 Å². The normalized spacial score (nSPS) is 18.8. The summed E-state index contributed by atoms with van der Waals surface area (Å²) in [5.74, 6) is 2.13. The first-order valence-corrected chi connectivity index (χ1v) is 11.5. The fourth-order valence-corrected chi connectivity index (χ4v) is 5.13. The smallest absolute Gasteiger partial charge is 0.227 e. The van der Waals surface area contributed by atoms with E-state index in [0.29, 0.717) is 18.9 Å². The lowest BCUT2D eigenvalue weighted by Gasteiger charge is -2.52. The summed E-state index contributed by atoms with van der Waals surface area (Å²) in [5.41, 5.74) is 2.29. The van der Waals surface area contributed by atoms with Crippen LogP contribution < -0.4 is 14.4 Å². The summed E-state index contributed by atoms with van der Waals surface area (Å²) in [6.45, 7) is 4.03. The minimum absolute atomic E-state index is 0.0641. The van der Waals surface area contributed by atoms with Crippen LogP contribution in [-0.4, -0.2) is 50.7 Å². The predicted octanol–water partition coefficient (Wildman–Crippen LogP) is 4.28. The fourth-order valence-electron chi connectivity index (χ4n) is 5.13. The molecule has 0 radical (unpaired) electrons. The van der Waals surface area contributed by atoms with Crippen molar-refractivity contribution in [2.75, 3.05) is 44.8 Å². The van der Waals surface area contributed by atoms with Crippen LogP contribution >= 0.6 is 0 Å². The molecule has 0 saturated carbocycles. The number of rotatable bonds is 7. The zero-order chi connectivity index (χ0) is 22.7. The molecule has 5 heteroatoms. The SMILES string of the molecule is COc1cccc(CC(=O)N2CC(COc3ccccc3)C3(C2)CN(c2ccccc2)C3)c1. The molecule has 0 aromatic heterocycles. The van der Waals surface area contributed by atoms with Crippen molar-refractivity contribution in [3.63, 3.8) is 0 Å². The van der Waals surface area contributed by atoms with Crippen LogP contribution in [0, 0.1) is 11.3 Å². The number of hydrogen-bond donors (Lipinski definition) is 0. The maximum atomic E-state index is 13.2. The summed E-state index contributed by atoms with van der Waals surface area (Å²) in [6.07, 6.45) is 0.391. The molecular formula is C28H30N2O3. The summed E-state index contributed by atoms with van der Waals surface area (Å²) >= 11 is 0. The second kappa shape index (κ2) is 9.18. The standard InChI is InChI=1S/C28H30N2O3/c1-32-26-14-8-9-22(15-26)16-27(31)29-17-23(18-33-25-12-6-3-7-13-25)28(19-29)20-30(21-28)24-10-4-2-5-11-24/h2-15,23H,16-21H2,1H3. The van der Waals surface area contributed by atoms with Crippen molar-refractivity contribution in [2.45, 2.75) is 6.42 Å². The maximum absolute atomic E-state index is 13.2. The zero-order valence-corrected chi connectivity index (χ0v) is 19.0. The van der Waals surface area contributed by atoms with Gasteiger partial charge in [0, 0.05) is 43.2 Å². The van der Waals surface area contributed by atoms with Crippen LogP contribution in [0.5, 0.6) is 11.5 Å². The zero-order valence-electron chi connectivity index (χ0n) is 19.0.